The number of piperazine rings is 1. The molecule has 20 heavy (non-hydrogen) atoms. The van der Waals surface area contributed by atoms with Crippen LogP contribution in [-0.2, 0) is 4.79 Å². The highest BCUT2D eigenvalue weighted by atomic mass is 19.1. The number of nitrogens with one attached hydrogen (secondary N) is 2. The molecule has 2 N–H and O–H groups in total. The first kappa shape index (κ1) is 14.9. The van der Waals surface area contributed by atoms with Crippen LogP contribution in [0.1, 0.15) is 25.5 Å². The lowest BCUT2D eigenvalue weighted by molar-refractivity contribution is -0.134. The van der Waals surface area contributed by atoms with Gasteiger partial charge in [0.2, 0.25) is 5.91 Å². The average Bonchev–Trinajstić information content (AvgIpc) is 2.46. The third-order valence-corrected chi connectivity index (χ3v) is 3.92. The SMILES string of the molecule is CC1CNC(C(=O)N(C)C(C)c2ccccc2F)CN1. The van der Waals surface area contributed by atoms with Crippen molar-refractivity contribution >= 4 is 5.91 Å². The molecule has 0 radical (unpaired) electrons. The van der Waals surface area contributed by atoms with Gasteiger partial charge in [0.1, 0.15) is 5.82 Å². The van der Waals surface area contributed by atoms with E-state index in [9.17, 15) is 9.18 Å². The van der Waals surface area contributed by atoms with E-state index in [-0.39, 0.29) is 23.8 Å². The van der Waals surface area contributed by atoms with E-state index < -0.39 is 0 Å². The van der Waals surface area contributed by atoms with Crippen molar-refractivity contribution in [3.8, 4) is 0 Å². The molecule has 1 aromatic carbocycles. The third kappa shape index (κ3) is 3.16. The molecule has 1 aromatic rings. The maximum absolute atomic E-state index is 13.8. The zero-order chi connectivity index (χ0) is 14.7. The Morgan fingerprint density at radius 2 is 2.05 bits per heavy atom. The minimum atomic E-state index is -0.287. The number of carbonyl (C=O) groups excluding carboxylic acids is 1. The maximum Gasteiger partial charge on any atom is 0.241 e. The first-order valence-corrected chi connectivity index (χ1v) is 6.98. The second kappa shape index (κ2) is 6.33. The van der Waals surface area contributed by atoms with Gasteiger partial charge in [0.15, 0.2) is 0 Å². The van der Waals surface area contributed by atoms with Crippen LogP contribution in [0.5, 0.6) is 0 Å². The van der Waals surface area contributed by atoms with Crippen LogP contribution in [0.25, 0.3) is 0 Å². The predicted octanol–water partition coefficient (Wildman–Crippen LogP) is 1.29. The van der Waals surface area contributed by atoms with Crippen molar-refractivity contribution in [1.82, 2.24) is 15.5 Å². The van der Waals surface area contributed by atoms with E-state index in [4.69, 9.17) is 0 Å². The van der Waals surface area contributed by atoms with Gasteiger partial charge >= 0.3 is 0 Å². The number of carbonyl (C=O) groups is 1. The number of hydrogen-bond donors (Lipinski definition) is 2. The summed E-state index contributed by atoms with van der Waals surface area (Å²) in [5, 5.41) is 6.50. The molecule has 110 valence electrons. The summed E-state index contributed by atoms with van der Waals surface area (Å²) in [6.45, 7) is 5.28. The normalized spacial score (nSPS) is 24.2. The Bertz CT molecular complexity index is 472. The van der Waals surface area contributed by atoms with Crippen molar-refractivity contribution in [3.05, 3.63) is 35.6 Å². The lowest BCUT2D eigenvalue weighted by atomic mass is 10.1. The second-order valence-corrected chi connectivity index (χ2v) is 5.42. The van der Waals surface area contributed by atoms with Gasteiger partial charge in [-0.25, -0.2) is 4.39 Å². The number of hydrogen-bond acceptors (Lipinski definition) is 3. The molecule has 1 aliphatic heterocycles. The van der Waals surface area contributed by atoms with Crippen molar-refractivity contribution < 1.29 is 9.18 Å². The summed E-state index contributed by atoms with van der Waals surface area (Å²) in [4.78, 5) is 14.0. The van der Waals surface area contributed by atoms with Crippen LogP contribution >= 0.6 is 0 Å². The number of likely N-dealkylation sites (N-methyl/N-ethyl adjacent to an activating group) is 1. The number of benzene rings is 1. The van der Waals surface area contributed by atoms with Crippen LogP contribution in [-0.4, -0.2) is 43.0 Å². The molecule has 0 saturated carbocycles. The summed E-state index contributed by atoms with van der Waals surface area (Å²) in [7, 11) is 1.72. The smallest absolute Gasteiger partial charge is 0.241 e. The number of nitrogens with zero attached hydrogens (tertiary/aromatic N) is 1. The maximum atomic E-state index is 13.8. The molecule has 3 unspecified atom stereocenters. The molecule has 1 fully saturated rings. The fourth-order valence-corrected chi connectivity index (χ4v) is 2.42. The highest BCUT2D eigenvalue weighted by Crippen LogP contribution is 2.22. The van der Waals surface area contributed by atoms with Crippen LogP contribution < -0.4 is 10.6 Å². The van der Waals surface area contributed by atoms with Crippen LogP contribution in [0.15, 0.2) is 24.3 Å². The Labute approximate surface area is 119 Å². The summed E-state index contributed by atoms with van der Waals surface area (Å²) >= 11 is 0. The molecule has 5 heteroatoms. The topological polar surface area (TPSA) is 44.4 Å². The molecular weight excluding hydrogens is 257 g/mol. The molecule has 0 aliphatic carbocycles. The van der Waals surface area contributed by atoms with E-state index in [1.165, 1.54) is 6.07 Å². The number of halogens is 1. The van der Waals surface area contributed by atoms with E-state index in [1.54, 1.807) is 30.1 Å². The van der Waals surface area contributed by atoms with E-state index in [0.29, 0.717) is 18.2 Å². The molecule has 1 heterocycles. The minimum absolute atomic E-state index is 0.0137. The van der Waals surface area contributed by atoms with Gasteiger partial charge in [0.25, 0.3) is 0 Å². The van der Waals surface area contributed by atoms with Gasteiger partial charge in [0.05, 0.1) is 12.1 Å². The standard InChI is InChI=1S/C15H22FN3O/c1-10-8-18-14(9-17-10)15(20)19(3)11(2)12-6-4-5-7-13(12)16/h4-7,10-11,14,17-18H,8-9H2,1-3H3. The van der Waals surface area contributed by atoms with Gasteiger partial charge in [-0.3, -0.25) is 4.79 Å². The second-order valence-electron chi connectivity index (χ2n) is 5.42. The van der Waals surface area contributed by atoms with E-state index in [1.807, 2.05) is 6.92 Å². The quantitative estimate of drug-likeness (QED) is 0.876. The van der Waals surface area contributed by atoms with Crippen LogP contribution in [0.2, 0.25) is 0 Å². The Morgan fingerprint density at radius 1 is 1.35 bits per heavy atom. The lowest BCUT2D eigenvalue weighted by Gasteiger charge is -2.33. The van der Waals surface area contributed by atoms with Crippen molar-refractivity contribution in [2.75, 3.05) is 20.1 Å². The summed E-state index contributed by atoms with van der Waals surface area (Å²) in [5.41, 5.74) is 0.542. The predicted molar refractivity (Wildman–Crippen MR) is 76.8 cm³/mol. The number of rotatable bonds is 3. The molecule has 0 aromatic heterocycles. The van der Waals surface area contributed by atoms with Crippen LogP contribution in [0, 0.1) is 5.82 Å². The van der Waals surface area contributed by atoms with Gasteiger partial charge in [-0.05, 0) is 19.9 Å². The van der Waals surface area contributed by atoms with Gasteiger partial charge in [0, 0.05) is 31.7 Å². The Kier molecular flexibility index (Phi) is 4.73. The average molecular weight is 279 g/mol. The van der Waals surface area contributed by atoms with Gasteiger partial charge in [-0.1, -0.05) is 18.2 Å². The highest BCUT2D eigenvalue weighted by molar-refractivity contribution is 5.82. The molecule has 0 bridgehead atoms. The van der Waals surface area contributed by atoms with Gasteiger partial charge < -0.3 is 15.5 Å². The summed E-state index contributed by atoms with van der Waals surface area (Å²) in [6, 6.07) is 6.42. The summed E-state index contributed by atoms with van der Waals surface area (Å²) in [6.07, 6.45) is 0. The molecule has 1 amide bonds. The van der Waals surface area contributed by atoms with Crippen molar-refractivity contribution in [3.63, 3.8) is 0 Å². The molecule has 4 nitrogen and oxygen atoms in total. The zero-order valence-corrected chi connectivity index (χ0v) is 12.2. The van der Waals surface area contributed by atoms with Crippen molar-refractivity contribution in [2.24, 2.45) is 0 Å². The highest BCUT2D eigenvalue weighted by Gasteiger charge is 2.29. The third-order valence-electron chi connectivity index (χ3n) is 3.92. The Balaban J connectivity index is 2.05. The van der Waals surface area contributed by atoms with Crippen molar-refractivity contribution in [2.45, 2.75) is 32.0 Å². The van der Waals surface area contributed by atoms with Crippen LogP contribution in [0.4, 0.5) is 4.39 Å². The Morgan fingerprint density at radius 3 is 2.65 bits per heavy atom. The molecular formula is C15H22FN3O. The first-order chi connectivity index (χ1) is 9.50. The van der Waals surface area contributed by atoms with Crippen LogP contribution in [0.3, 0.4) is 0 Å². The fourth-order valence-electron chi connectivity index (χ4n) is 2.42. The summed E-state index contributed by atoms with van der Waals surface area (Å²) in [5.74, 6) is -0.289. The molecule has 1 aliphatic rings. The fraction of sp³-hybridized carbons (Fsp3) is 0.533. The van der Waals surface area contributed by atoms with Gasteiger partial charge in [-0.2, -0.15) is 0 Å². The minimum Gasteiger partial charge on any atom is -0.337 e. The first-order valence-electron chi connectivity index (χ1n) is 6.98. The summed E-state index contributed by atoms with van der Waals surface area (Å²) < 4.78 is 13.8. The van der Waals surface area contributed by atoms with Gasteiger partial charge in [-0.15, -0.1) is 0 Å². The van der Waals surface area contributed by atoms with Crippen molar-refractivity contribution in [1.29, 1.82) is 0 Å². The van der Waals surface area contributed by atoms with E-state index in [0.717, 1.165) is 6.54 Å². The molecule has 3 atom stereocenters. The monoisotopic (exact) mass is 279 g/mol. The molecule has 1 saturated heterocycles. The molecule has 0 spiro atoms. The molecule has 2 rings (SSSR count). The van der Waals surface area contributed by atoms with E-state index >= 15 is 0 Å². The zero-order valence-electron chi connectivity index (χ0n) is 12.2. The largest absolute Gasteiger partial charge is 0.337 e. The number of amides is 1. The lowest BCUT2D eigenvalue weighted by Crippen LogP contribution is -2.59. The Hall–Kier alpha value is -1.46. The van der Waals surface area contributed by atoms with E-state index in [2.05, 4.69) is 17.6 Å².